The minimum absolute atomic E-state index is 0.119. The van der Waals surface area contributed by atoms with Crippen molar-refractivity contribution in [2.75, 3.05) is 11.1 Å². The Morgan fingerprint density at radius 3 is 2.68 bits per heavy atom. The van der Waals surface area contributed by atoms with E-state index in [2.05, 4.69) is 10.4 Å². The topological polar surface area (TPSA) is 55.9 Å². The molecular weight excluding hydrogens is 267 g/mol. The van der Waals surface area contributed by atoms with Gasteiger partial charge in [-0.3, -0.25) is 0 Å². The van der Waals surface area contributed by atoms with Crippen LogP contribution in [0.4, 0.5) is 21.6 Å². The Hall–Kier alpha value is -1.75. The summed E-state index contributed by atoms with van der Waals surface area (Å²) in [6.07, 6.45) is 0. The van der Waals surface area contributed by atoms with Crippen molar-refractivity contribution in [3.8, 4) is 0 Å². The molecule has 0 unspecified atom stereocenters. The number of anilines is 3. The van der Waals surface area contributed by atoms with Crippen LogP contribution in [0.25, 0.3) is 0 Å². The second-order valence-electron chi connectivity index (χ2n) is 4.64. The third kappa shape index (κ3) is 2.66. The molecule has 0 atom stereocenters. The Morgan fingerprint density at radius 2 is 2.11 bits per heavy atom. The van der Waals surface area contributed by atoms with Gasteiger partial charge in [0.05, 0.1) is 17.1 Å². The van der Waals surface area contributed by atoms with E-state index in [1.54, 1.807) is 16.8 Å². The molecule has 1 heterocycles. The molecule has 0 aliphatic rings. The van der Waals surface area contributed by atoms with Crippen molar-refractivity contribution in [1.29, 1.82) is 0 Å². The molecule has 0 saturated carbocycles. The fourth-order valence-electron chi connectivity index (χ4n) is 1.78. The smallest absolute Gasteiger partial charge is 0.152 e. The quantitative estimate of drug-likeness (QED) is 0.898. The number of aromatic nitrogens is 2. The average Bonchev–Trinajstić information content (AvgIpc) is 2.61. The van der Waals surface area contributed by atoms with Crippen LogP contribution in [0, 0.1) is 12.7 Å². The number of nitrogens with two attached hydrogens (primary N) is 1. The molecule has 19 heavy (non-hydrogen) atoms. The van der Waals surface area contributed by atoms with Gasteiger partial charge < -0.3 is 11.1 Å². The van der Waals surface area contributed by atoms with Gasteiger partial charge >= 0.3 is 0 Å². The van der Waals surface area contributed by atoms with E-state index in [9.17, 15) is 4.39 Å². The third-order valence-corrected chi connectivity index (χ3v) is 3.04. The molecule has 2 aromatic rings. The fourth-order valence-corrected chi connectivity index (χ4v) is 1.94. The lowest BCUT2D eigenvalue weighted by Gasteiger charge is -2.14. The van der Waals surface area contributed by atoms with Gasteiger partial charge in [-0.05, 0) is 39.0 Å². The van der Waals surface area contributed by atoms with Crippen molar-refractivity contribution in [2.24, 2.45) is 0 Å². The summed E-state index contributed by atoms with van der Waals surface area (Å²) in [7, 11) is 0. The summed E-state index contributed by atoms with van der Waals surface area (Å²) in [5, 5.41) is 7.67. The molecule has 0 aliphatic carbocycles. The molecule has 0 amide bonds. The van der Waals surface area contributed by atoms with Gasteiger partial charge in [-0.1, -0.05) is 11.6 Å². The first-order valence-electron chi connectivity index (χ1n) is 5.96. The zero-order valence-electron chi connectivity index (χ0n) is 11.0. The molecule has 0 fully saturated rings. The summed E-state index contributed by atoms with van der Waals surface area (Å²) in [6.45, 7) is 5.78. The fraction of sp³-hybridized carbons (Fsp3) is 0.308. The van der Waals surface area contributed by atoms with Gasteiger partial charge in [-0.2, -0.15) is 5.10 Å². The maximum atomic E-state index is 13.8. The van der Waals surface area contributed by atoms with E-state index in [4.69, 9.17) is 17.3 Å². The van der Waals surface area contributed by atoms with Crippen molar-refractivity contribution in [1.82, 2.24) is 9.78 Å². The lowest BCUT2D eigenvalue weighted by Crippen LogP contribution is -2.08. The van der Waals surface area contributed by atoms with E-state index in [1.807, 2.05) is 20.8 Å². The molecule has 102 valence electrons. The second-order valence-corrected chi connectivity index (χ2v) is 5.07. The number of benzene rings is 1. The van der Waals surface area contributed by atoms with Gasteiger partial charge in [0.2, 0.25) is 0 Å². The Kier molecular flexibility index (Phi) is 3.66. The predicted molar refractivity (Wildman–Crippen MR) is 76.5 cm³/mol. The molecule has 3 N–H and O–H groups in total. The molecule has 0 aliphatic heterocycles. The van der Waals surface area contributed by atoms with Crippen LogP contribution in [0.3, 0.4) is 0 Å². The third-order valence-electron chi connectivity index (χ3n) is 2.81. The van der Waals surface area contributed by atoms with Gasteiger partial charge in [0.25, 0.3) is 0 Å². The Balaban J connectivity index is 2.43. The molecule has 0 spiro atoms. The molecular formula is C13H16ClFN4. The monoisotopic (exact) mass is 282 g/mol. The molecule has 1 aromatic heterocycles. The maximum absolute atomic E-state index is 13.8. The number of nitrogen functional groups attached to an aromatic ring is 1. The number of aryl methyl sites for hydroxylation is 1. The lowest BCUT2D eigenvalue weighted by molar-refractivity contribution is 0.536. The number of nitrogens with zero attached hydrogens (tertiary/aromatic N) is 2. The Morgan fingerprint density at radius 1 is 1.42 bits per heavy atom. The van der Waals surface area contributed by atoms with Crippen molar-refractivity contribution in [3.63, 3.8) is 0 Å². The number of halogens is 2. The minimum atomic E-state index is -0.430. The first kappa shape index (κ1) is 13.7. The van der Waals surface area contributed by atoms with Crippen LogP contribution in [0.2, 0.25) is 5.02 Å². The van der Waals surface area contributed by atoms with Crippen molar-refractivity contribution >= 4 is 28.8 Å². The van der Waals surface area contributed by atoms with E-state index >= 15 is 0 Å². The maximum Gasteiger partial charge on any atom is 0.152 e. The first-order chi connectivity index (χ1) is 8.90. The number of rotatable bonds is 3. The summed E-state index contributed by atoms with van der Waals surface area (Å²) >= 11 is 5.73. The van der Waals surface area contributed by atoms with Crippen LogP contribution in [0.1, 0.15) is 25.6 Å². The van der Waals surface area contributed by atoms with E-state index in [1.165, 1.54) is 6.07 Å². The van der Waals surface area contributed by atoms with E-state index in [0.717, 1.165) is 0 Å². The molecule has 0 bridgehead atoms. The predicted octanol–water partition coefficient (Wildman–Crippen LogP) is 3.89. The summed E-state index contributed by atoms with van der Waals surface area (Å²) in [6, 6.07) is 4.56. The summed E-state index contributed by atoms with van der Waals surface area (Å²) in [4.78, 5) is 0. The highest BCUT2D eigenvalue weighted by Crippen LogP contribution is 2.30. The van der Waals surface area contributed by atoms with Gasteiger partial charge in [0.1, 0.15) is 5.82 Å². The summed E-state index contributed by atoms with van der Waals surface area (Å²) in [5.41, 5.74) is 7.52. The van der Waals surface area contributed by atoms with Crippen molar-refractivity contribution in [2.45, 2.75) is 26.8 Å². The van der Waals surface area contributed by atoms with Crippen LogP contribution < -0.4 is 11.1 Å². The molecule has 6 heteroatoms. The summed E-state index contributed by atoms with van der Waals surface area (Å²) in [5.74, 6) is 0.162. The first-order valence-corrected chi connectivity index (χ1v) is 6.34. The highest BCUT2D eigenvalue weighted by atomic mass is 35.5. The zero-order chi connectivity index (χ0) is 14.2. The molecule has 2 rings (SSSR count). The molecule has 1 aromatic carbocycles. The highest BCUT2D eigenvalue weighted by Gasteiger charge is 2.16. The average molecular weight is 283 g/mol. The van der Waals surface area contributed by atoms with E-state index < -0.39 is 5.82 Å². The largest absolute Gasteiger partial charge is 0.394 e. The standard InChI is InChI=1S/C13H16ClFN4/c1-7(2)19-13(12(16)8(3)18-19)17-11-5-4-9(14)6-10(11)15/h4-7,17H,16H2,1-3H3. The number of nitrogens with one attached hydrogen (secondary N) is 1. The van der Waals surface area contributed by atoms with Crippen LogP contribution in [0.15, 0.2) is 18.2 Å². The summed E-state index contributed by atoms with van der Waals surface area (Å²) < 4.78 is 15.5. The SMILES string of the molecule is Cc1nn(C(C)C)c(Nc2ccc(Cl)cc2F)c1N. The minimum Gasteiger partial charge on any atom is -0.394 e. The van der Waals surface area contributed by atoms with Gasteiger partial charge in [0.15, 0.2) is 5.82 Å². The van der Waals surface area contributed by atoms with Crippen LogP contribution >= 0.6 is 11.6 Å². The zero-order valence-corrected chi connectivity index (χ0v) is 11.8. The van der Waals surface area contributed by atoms with E-state index in [0.29, 0.717) is 27.9 Å². The van der Waals surface area contributed by atoms with Crippen LogP contribution in [-0.4, -0.2) is 9.78 Å². The molecule has 0 radical (unpaired) electrons. The van der Waals surface area contributed by atoms with Crippen molar-refractivity contribution < 1.29 is 4.39 Å². The van der Waals surface area contributed by atoms with E-state index in [-0.39, 0.29) is 6.04 Å². The number of hydrogen-bond acceptors (Lipinski definition) is 3. The molecule has 0 saturated heterocycles. The number of hydrogen-bond donors (Lipinski definition) is 2. The van der Waals surface area contributed by atoms with Crippen LogP contribution in [-0.2, 0) is 0 Å². The van der Waals surface area contributed by atoms with Gasteiger partial charge in [-0.25, -0.2) is 9.07 Å². The van der Waals surface area contributed by atoms with Gasteiger partial charge in [0, 0.05) is 11.1 Å². The lowest BCUT2D eigenvalue weighted by atomic mass is 10.3. The second kappa shape index (κ2) is 5.09. The van der Waals surface area contributed by atoms with Gasteiger partial charge in [-0.15, -0.1) is 0 Å². The molecule has 4 nitrogen and oxygen atoms in total. The van der Waals surface area contributed by atoms with Crippen LogP contribution in [0.5, 0.6) is 0 Å². The Bertz CT molecular complexity index is 607. The van der Waals surface area contributed by atoms with Crippen molar-refractivity contribution in [3.05, 3.63) is 34.7 Å². The Labute approximate surface area is 116 Å². The highest BCUT2D eigenvalue weighted by molar-refractivity contribution is 6.30. The normalized spacial score (nSPS) is 11.1.